The van der Waals surface area contributed by atoms with Crippen LogP contribution in [0.1, 0.15) is 32.7 Å². The molecule has 0 radical (unpaired) electrons. The fourth-order valence-corrected chi connectivity index (χ4v) is 3.52. The van der Waals surface area contributed by atoms with Crippen LogP contribution in [0.3, 0.4) is 0 Å². The Hall–Kier alpha value is -4.07. The second-order valence-electron chi connectivity index (χ2n) is 7.35. The minimum atomic E-state index is -0.734. The third kappa shape index (κ3) is 5.64. The molecule has 178 valence electrons. The maximum absolute atomic E-state index is 14.2. The Bertz CT molecular complexity index is 1150. The van der Waals surface area contributed by atoms with Gasteiger partial charge in [0.1, 0.15) is 11.5 Å². The number of anilines is 1. The van der Waals surface area contributed by atoms with Crippen LogP contribution in [-0.4, -0.2) is 39.7 Å². The third-order valence-corrected chi connectivity index (χ3v) is 5.20. The quantitative estimate of drug-likeness (QED) is 0.431. The first-order valence-corrected chi connectivity index (χ1v) is 10.7. The molecule has 0 aliphatic carbocycles. The predicted octanol–water partition coefficient (Wildman–Crippen LogP) is 4.47. The summed E-state index contributed by atoms with van der Waals surface area (Å²) < 4.78 is 30.4. The van der Waals surface area contributed by atoms with Crippen LogP contribution in [-0.2, 0) is 6.42 Å². The van der Waals surface area contributed by atoms with Crippen LogP contribution in [0.15, 0.2) is 60.7 Å². The van der Waals surface area contributed by atoms with Gasteiger partial charge in [-0.1, -0.05) is 42.5 Å². The number of amides is 2. The van der Waals surface area contributed by atoms with Crippen molar-refractivity contribution in [1.29, 1.82) is 0 Å². The molecule has 0 aliphatic rings. The largest absolute Gasteiger partial charge is 0.493 e. The van der Waals surface area contributed by atoms with Gasteiger partial charge in [-0.15, -0.1) is 0 Å². The number of carbonyl (C=O) groups excluding carboxylic acids is 2. The van der Waals surface area contributed by atoms with Crippen molar-refractivity contribution in [2.45, 2.75) is 12.8 Å². The Morgan fingerprint density at radius 2 is 1.50 bits per heavy atom. The molecule has 0 spiro atoms. The molecule has 0 bridgehead atoms. The molecule has 0 aliphatic heterocycles. The summed E-state index contributed by atoms with van der Waals surface area (Å²) in [6.45, 7) is 0.408. The summed E-state index contributed by atoms with van der Waals surface area (Å²) in [4.78, 5) is 25.9. The first-order valence-electron chi connectivity index (χ1n) is 10.7. The normalized spacial score (nSPS) is 10.4. The van der Waals surface area contributed by atoms with E-state index in [1.54, 1.807) is 6.07 Å². The third-order valence-electron chi connectivity index (χ3n) is 5.20. The summed E-state index contributed by atoms with van der Waals surface area (Å²) >= 11 is 0. The zero-order valence-electron chi connectivity index (χ0n) is 19.3. The monoisotopic (exact) mass is 466 g/mol. The summed E-state index contributed by atoms with van der Waals surface area (Å²) in [7, 11) is 4.21. The molecule has 3 aromatic rings. The molecule has 0 saturated carbocycles. The van der Waals surface area contributed by atoms with Crippen LogP contribution >= 0.6 is 0 Å². The molecule has 0 unspecified atom stereocenters. The van der Waals surface area contributed by atoms with Gasteiger partial charge in [0.25, 0.3) is 11.8 Å². The number of halogens is 1. The van der Waals surface area contributed by atoms with E-state index in [1.165, 1.54) is 51.2 Å². The number of benzene rings is 3. The van der Waals surface area contributed by atoms with Gasteiger partial charge in [-0.3, -0.25) is 9.59 Å². The number of methoxy groups -OCH3 is 3. The number of rotatable bonds is 10. The zero-order valence-corrected chi connectivity index (χ0v) is 19.3. The fraction of sp³-hybridized carbons (Fsp3) is 0.231. The van der Waals surface area contributed by atoms with Crippen LogP contribution in [0.25, 0.3) is 0 Å². The number of carbonyl (C=O) groups is 2. The molecule has 0 fully saturated rings. The number of hydrogen-bond donors (Lipinski definition) is 2. The molecule has 2 N–H and O–H groups in total. The van der Waals surface area contributed by atoms with E-state index in [1.807, 2.05) is 30.3 Å². The lowest BCUT2D eigenvalue weighted by Gasteiger charge is -2.20. The van der Waals surface area contributed by atoms with Gasteiger partial charge in [0.15, 0.2) is 11.5 Å². The highest BCUT2D eigenvalue weighted by Crippen LogP contribution is 2.45. The molecule has 2 amide bonds. The average molecular weight is 467 g/mol. The van der Waals surface area contributed by atoms with Gasteiger partial charge in [0, 0.05) is 6.54 Å². The van der Waals surface area contributed by atoms with Crippen LogP contribution in [0.4, 0.5) is 10.1 Å². The fourth-order valence-electron chi connectivity index (χ4n) is 3.52. The van der Waals surface area contributed by atoms with Gasteiger partial charge in [-0.05, 0) is 36.6 Å². The molecule has 7 nitrogen and oxygen atoms in total. The van der Waals surface area contributed by atoms with E-state index in [0.717, 1.165) is 12.8 Å². The van der Waals surface area contributed by atoms with Crippen molar-refractivity contribution < 1.29 is 28.2 Å². The molecular formula is C26H27FN2O5. The summed E-state index contributed by atoms with van der Waals surface area (Å²) in [5.74, 6) is -1.35. The lowest BCUT2D eigenvalue weighted by atomic mass is 10.1. The van der Waals surface area contributed by atoms with Gasteiger partial charge in [-0.25, -0.2) is 4.39 Å². The maximum Gasteiger partial charge on any atom is 0.258 e. The van der Waals surface area contributed by atoms with Crippen LogP contribution in [0.2, 0.25) is 0 Å². The van der Waals surface area contributed by atoms with Crippen molar-refractivity contribution in [2.75, 3.05) is 33.2 Å². The van der Waals surface area contributed by atoms with E-state index < -0.39 is 17.6 Å². The molecule has 0 saturated heterocycles. The van der Waals surface area contributed by atoms with Gasteiger partial charge in [0.2, 0.25) is 5.75 Å². The number of aryl methyl sites for hydroxylation is 1. The van der Waals surface area contributed by atoms with Crippen molar-refractivity contribution in [1.82, 2.24) is 5.32 Å². The topological polar surface area (TPSA) is 85.9 Å². The summed E-state index contributed by atoms with van der Waals surface area (Å²) in [6.07, 6.45) is 1.52. The molecule has 34 heavy (non-hydrogen) atoms. The van der Waals surface area contributed by atoms with Gasteiger partial charge in [0.05, 0.1) is 32.5 Å². The number of nitrogens with one attached hydrogen (secondary N) is 2. The lowest BCUT2D eigenvalue weighted by Crippen LogP contribution is -2.27. The van der Waals surface area contributed by atoms with E-state index in [2.05, 4.69) is 10.6 Å². The van der Waals surface area contributed by atoms with Crippen molar-refractivity contribution >= 4 is 17.5 Å². The highest BCUT2D eigenvalue weighted by molar-refractivity contribution is 6.11. The predicted molar refractivity (Wildman–Crippen MR) is 128 cm³/mol. The zero-order chi connectivity index (χ0) is 24.5. The van der Waals surface area contributed by atoms with Gasteiger partial charge < -0.3 is 24.8 Å². The van der Waals surface area contributed by atoms with Crippen molar-refractivity contribution in [3.8, 4) is 17.2 Å². The van der Waals surface area contributed by atoms with E-state index in [9.17, 15) is 14.0 Å². The van der Waals surface area contributed by atoms with Crippen molar-refractivity contribution in [3.05, 3.63) is 83.2 Å². The Morgan fingerprint density at radius 3 is 2.15 bits per heavy atom. The second kappa shape index (κ2) is 11.7. The first kappa shape index (κ1) is 24.6. The minimum Gasteiger partial charge on any atom is -0.493 e. The SMILES string of the molecule is COc1cc(C(=O)NCCCc2ccccc2)c(NC(=O)c2ccccc2F)c(OC)c1OC. The smallest absolute Gasteiger partial charge is 0.258 e. The summed E-state index contributed by atoms with van der Waals surface area (Å²) in [6, 6.07) is 16.9. The molecular weight excluding hydrogens is 439 g/mol. The van der Waals surface area contributed by atoms with E-state index in [0.29, 0.717) is 6.54 Å². The molecule has 0 aromatic heterocycles. The maximum atomic E-state index is 14.2. The Labute approximate surface area is 197 Å². The molecule has 8 heteroatoms. The Balaban J connectivity index is 1.88. The number of hydrogen-bond acceptors (Lipinski definition) is 5. The van der Waals surface area contributed by atoms with Crippen LogP contribution in [0.5, 0.6) is 17.2 Å². The highest BCUT2D eigenvalue weighted by atomic mass is 19.1. The van der Waals surface area contributed by atoms with Crippen molar-refractivity contribution in [3.63, 3.8) is 0 Å². The van der Waals surface area contributed by atoms with E-state index >= 15 is 0 Å². The molecule has 0 atom stereocenters. The lowest BCUT2D eigenvalue weighted by molar-refractivity contribution is 0.0953. The Morgan fingerprint density at radius 1 is 0.824 bits per heavy atom. The molecule has 0 heterocycles. The van der Waals surface area contributed by atoms with E-state index in [4.69, 9.17) is 14.2 Å². The van der Waals surface area contributed by atoms with Crippen molar-refractivity contribution in [2.24, 2.45) is 0 Å². The minimum absolute atomic E-state index is 0.0500. The number of ether oxygens (including phenoxy) is 3. The van der Waals surface area contributed by atoms with Crippen LogP contribution < -0.4 is 24.8 Å². The Kier molecular flexibility index (Phi) is 8.45. The molecule has 3 aromatic carbocycles. The first-order chi connectivity index (χ1) is 16.5. The van der Waals surface area contributed by atoms with E-state index in [-0.39, 0.29) is 34.1 Å². The summed E-state index contributed by atoms with van der Waals surface area (Å²) in [5, 5.41) is 5.47. The van der Waals surface area contributed by atoms with Gasteiger partial charge in [-0.2, -0.15) is 0 Å². The average Bonchev–Trinajstić information content (AvgIpc) is 2.86. The standard InChI is InChI=1S/C26H27FN2O5/c1-32-21-16-19(25(30)28-15-9-12-17-10-5-4-6-11-17)22(24(34-3)23(21)33-2)29-26(31)18-13-7-8-14-20(18)27/h4-8,10-11,13-14,16H,9,12,15H2,1-3H3,(H,28,30)(H,29,31). The second-order valence-corrected chi connectivity index (χ2v) is 7.35. The molecule has 3 rings (SSSR count). The highest BCUT2D eigenvalue weighted by Gasteiger charge is 2.26. The van der Waals surface area contributed by atoms with Gasteiger partial charge >= 0.3 is 0 Å². The summed E-state index contributed by atoms with van der Waals surface area (Å²) in [5.41, 5.74) is 1.14. The van der Waals surface area contributed by atoms with Crippen LogP contribution in [0, 0.1) is 5.82 Å².